The molecule has 8 nitrogen and oxygen atoms in total. The Morgan fingerprint density at radius 1 is 1.07 bits per heavy atom. The van der Waals surface area contributed by atoms with E-state index in [0.29, 0.717) is 6.04 Å². The third kappa shape index (κ3) is 3.27. The molecule has 5 aliphatic rings. The number of nitrogen functional groups attached to an aromatic ring is 1. The highest BCUT2D eigenvalue weighted by Gasteiger charge is 2.45. The number of carbonyl (C=O) groups is 1. The van der Waals surface area contributed by atoms with E-state index in [1.807, 2.05) is 11.0 Å². The summed E-state index contributed by atoms with van der Waals surface area (Å²) < 4.78 is 0. The second kappa shape index (κ2) is 6.68. The van der Waals surface area contributed by atoms with E-state index in [2.05, 4.69) is 24.8 Å². The van der Waals surface area contributed by atoms with Crippen LogP contribution in [0.15, 0.2) is 24.7 Å². The number of fused-ring (bicyclic) bond motifs is 2. The van der Waals surface area contributed by atoms with Gasteiger partial charge in [0.1, 0.15) is 0 Å². The van der Waals surface area contributed by atoms with Crippen molar-refractivity contribution in [1.82, 2.24) is 24.8 Å². The SMILES string of the molecule is CC(=O)N1CC2CC2C1.Nc1ncc(-c2ccnc(N3CC4CC3C4)n2)cn1. The van der Waals surface area contributed by atoms with E-state index in [4.69, 9.17) is 5.73 Å². The van der Waals surface area contributed by atoms with Crippen molar-refractivity contribution in [1.29, 1.82) is 0 Å². The number of hydrogen-bond donors (Lipinski definition) is 1. The quantitative estimate of drug-likeness (QED) is 0.845. The van der Waals surface area contributed by atoms with Crippen LogP contribution in [0.5, 0.6) is 0 Å². The molecule has 0 radical (unpaired) electrons. The number of likely N-dealkylation sites (tertiary alicyclic amines) is 1. The van der Waals surface area contributed by atoms with Gasteiger partial charge in [-0.15, -0.1) is 0 Å². The van der Waals surface area contributed by atoms with Crippen LogP contribution in [0.4, 0.5) is 11.9 Å². The molecule has 0 aromatic carbocycles. The highest BCUT2D eigenvalue weighted by molar-refractivity contribution is 5.73. The Morgan fingerprint density at radius 2 is 1.79 bits per heavy atom. The number of carbonyl (C=O) groups excluding carboxylic acids is 1. The molecule has 8 heteroatoms. The smallest absolute Gasteiger partial charge is 0.226 e. The first kappa shape index (κ1) is 17.3. The fourth-order valence-corrected chi connectivity index (χ4v) is 4.55. The Kier molecular flexibility index (Phi) is 4.14. The van der Waals surface area contributed by atoms with Gasteiger partial charge in [0, 0.05) is 56.8 Å². The maximum atomic E-state index is 10.7. The van der Waals surface area contributed by atoms with Gasteiger partial charge in [-0.05, 0) is 43.1 Å². The van der Waals surface area contributed by atoms with Gasteiger partial charge >= 0.3 is 0 Å². The Bertz CT molecular complexity index is 870. The van der Waals surface area contributed by atoms with E-state index in [0.717, 1.165) is 54.6 Å². The molecule has 5 fully saturated rings. The minimum Gasteiger partial charge on any atom is -0.368 e. The second-order valence-corrected chi connectivity index (χ2v) is 8.40. The van der Waals surface area contributed by atoms with Gasteiger partial charge in [0.15, 0.2) is 0 Å². The van der Waals surface area contributed by atoms with E-state index in [9.17, 15) is 4.79 Å². The molecule has 5 heterocycles. The minimum atomic E-state index is 0.252. The van der Waals surface area contributed by atoms with Crippen molar-refractivity contribution in [2.24, 2.45) is 17.8 Å². The van der Waals surface area contributed by atoms with Crippen LogP contribution in [-0.2, 0) is 4.79 Å². The number of anilines is 2. The third-order valence-electron chi connectivity index (χ3n) is 6.40. The van der Waals surface area contributed by atoms with Gasteiger partial charge in [0.2, 0.25) is 17.8 Å². The molecule has 7 rings (SSSR count). The zero-order valence-electron chi connectivity index (χ0n) is 16.0. The highest BCUT2D eigenvalue weighted by atomic mass is 16.2. The maximum absolute atomic E-state index is 10.7. The molecule has 1 amide bonds. The lowest BCUT2D eigenvalue weighted by atomic mass is 9.86. The van der Waals surface area contributed by atoms with Crippen molar-refractivity contribution in [3.8, 4) is 11.3 Å². The van der Waals surface area contributed by atoms with Gasteiger partial charge in [-0.3, -0.25) is 4.79 Å². The Labute approximate surface area is 164 Å². The molecule has 3 aliphatic heterocycles. The number of rotatable bonds is 2. The average molecular weight is 379 g/mol. The van der Waals surface area contributed by atoms with Gasteiger partial charge in [0.25, 0.3) is 0 Å². The molecule has 2 bridgehead atoms. The number of amides is 1. The van der Waals surface area contributed by atoms with Crippen LogP contribution >= 0.6 is 0 Å². The third-order valence-corrected chi connectivity index (χ3v) is 6.40. The van der Waals surface area contributed by atoms with Gasteiger partial charge < -0.3 is 15.5 Å². The van der Waals surface area contributed by atoms with Crippen molar-refractivity contribution < 1.29 is 4.79 Å². The van der Waals surface area contributed by atoms with Crippen LogP contribution in [0.1, 0.15) is 26.2 Å². The summed E-state index contributed by atoms with van der Waals surface area (Å²) in [6.07, 6.45) is 9.14. The summed E-state index contributed by atoms with van der Waals surface area (Å²) in [6.45, 7) is 4.83. The predicted molar refractivity (Wildman–Crippen MR) is 105 cm³/mol. The normalized spacial score (nSPS) is 28.9. The number of aromatic nitrogens is 4. The molecule has 2 unspecified atom stereocenters. The lowest BCUT2D eigenvalue weighted by Crippen LogP contribution is -2.29. The fraction of sp³-hybridized carbons (Fsp3) is 0.550. The van der Waals surface area contributed by atoms with Crippen molar-refractivity contribution in [3.63, 3.8) is 0 Å². The predicted octanol–water partition coefficient (Wildman–Crippen LogP) is 1.60. The summed E-state index contributed by atoms with van der Waals surface area (Å²) in [5.41, 5.74) is 7.20. The molecule has 2 atom stereocenters. The van der Waals surface area contributed by atoms with Crippen LogP contribution in [0, 0.1) is 17.8 Å². The molecule has 2 N–H and O–H groups in total. The van der Waals surface area contributed by atoms with E-state index >= 15 is 0 Å². The zero-order chi connectivity index (χ0) is 19.3. The molecule has 146 valence electrons. The van der Waals surface area contributed by atoms with Crippen molar-refractivity contribution >= 4 is 17.8 Å². The topological polar surface area (TPSA) is 101 Å². The first-order valence-corrected chi connectivity index (χ1v) is 10.00. The summed E-state index contributed by atoms with van der Waals surface area (Å²) in [5, 5.41) is 0. The van der Waals surface area contributed by atoms with Crippen molar-refractivity contribution in [3.05, 3.63) is 24.7 Å². The summed E-state index contributed by atoms with van der Waals surface area (Å²) in [4.78, 5) is 32.0. The summed E-state index contributed by atoms with van der Waals surface area (Å²) in [6, 6.07) is 2.52. The lowest BCUT2D eigenvalue weighted by molar-refractivity contribution is -0.128. The monoisotopic (exact) mass is 379 g/mol. The van der Waals surface area contributed by atoms with Gasteiger partial charge in [-0.25, -0.2) is 19.9 Å². The number of nitrogens with zero attached hydrogens (tertiary/aromatic N) is 6. The highest BCUT2D eigenvalue weighted by Crippen LogP contribution is 2.44. The summed E-state index contributed by atoms with van der Waals surface area (Å²) >= 11 is 0. The summed E-state index contributed by atoms with van der Waals surface area (Å²) in [7, 11) is 0. The van der Waals surface area contributed by atoms with Crippen LogP contribution in [-0.4, -0.2) is 56.4 Å². The molecule has 2 aromatic rings. The molecule has 3 saturated heterocycles. The second-order valence-electron chi connectivity index (χ2n) is 8.40. The summed E-state index contributed by atoms with van der Waals surface area (Å²) in [5.74, 6) is 3.96. The average Bonchev–Trinajstić information content (AvgIpc) is 3.07. The molecule has 2 aliphatic carbocycles. The molecular formula is C20H25N7O. The molecule has 28 heavy (non-hydrogen) atoms. The first-order valence-electron chi connectivity index (χ1n) is 10.00. The largest absolute Gasteiger partial charge is 0.368 e. The fourth-order valence-electron chi connectivity index (χ4n) is 4.55. The lowest BCUT2D eigenvalue weighted by Gasteiger charge is -2.25. The Hall–Kier alpha value is -2.77. The number of hydrogen-bond acceptors (Lipinski definition) is 7. The molecule has 0 spiro atoms. The first-order chi connectivity index (χ1) is 13.6. The van der Waals surface area contributed by atoms with Gasteiger partial charge in [-0.2, -0.15) is 0 Å². The van der Waals surface area contributed by atoms with E-state index in [1.165, 1.54) is 19.3 Å². The molecule has 2 saturated carbocycles. The van der Waals surface area contributed by atoms with E-state index in [1.54, 1.807) is 25.5 Å². The van der Waals surface area contributed by atoms with Crippen LogP contribution < -0.4 is 10.6 Å². The maximum Gasteiger partial charge on any atom is 0.226 e. The number of piperidine rings is 1. The zero-order valence-corrected chi connectivity index (χ0v) is 16.0. The standard InChI is InChI=1S/C13H14N6.C7H11NO/c14-12-16-5-9(6-17-12)11-1-2-15-13(18-11)19-7-8-3-10(19)4-8;1-5(9)8-3-6-2-7(6)4-8/h1-2,5-6,8,10H,3-4,7H2,(H2,14,16,17);6-7H,2-4H2,1H3. The van der Waals surface area contributed by atoms with E-state index in [-0.39, 0.29) is 11.9 Å². The minimum absolute atomic E-state index is 0.252. The van der Waals surface area contributed by atoms with Crippen LogP contribution in [0.25, 0.3) is 11.3 Å². The van der Waals surface area contributed by atoms with Crippen molar-refractivity contribution in [2.45, 2.75) is 32.2 Å². The molecule has 2 aromatic heterocycles. The van der Waals surface area contributed by atoms with Crippen molar-refractivity contribution in [2.75, 3.05) is 30.3 Å². The Balaban J connectivity index is 0.000000158. The Morgan fingerprint density at radius 3 is 2.36 bits per heavy atom. The van der Waals surface area contributed by atoms with Gasteiger partial charge in [-0.1, -0.05) is 0 Å². The van der Waals surface area contributed by atoms with Gasteiger partial charge in [0.05, 0.1) is 5.69 Å². The number of nitrogens with two attached hydrogens (primary N) is 1. The van der Waals surface area contributed by atoms with E-state index < -0.39 is 0 Å². The molecular weight excluding hydrogens is 354 g/mol. The van der Waals surface area contributed by atoms with Crippen LogP contribution in [0.3, 0.4) is 0 Å². The van der Waals surface area contributed by atoms with Crippen LogP contribution in [0.2, 0.25) is 0 Å².